The van der Waals surface area contributed by atoms with Crippen molar-refractivity contribution in [1.82, 2.24) is 5.32 Å². The first-order valence-electron chi connectivity index (χ1n) is 8.91. The third kappa shape index (κ3) is 4.93. The lowest BCUT2D eigenvalue weighted by Crippen LogP contribution is -3.12. The van der Waals surface area contributed by atoms with Crippen molar-refractivity contribution in [1.29, 1.82) is 0 Å². The molecule has 1 amide bonds. The van der Waals surface area contributed by atoms with Crippen LogP contribution in [0.3, 0.4) is 0 Å². The maximum atomic E-state index is 12.2. The third-order valence-corrected chi connectivity index (χ3v) is 4.84. The molecular weight excluding hydrogens is 296 g/mol. The Bertz CT molecular complexity index is 643. The number of hydrogen-bond donors (Lipinski definition) is 2. The number of aryl methyl sites for hydroxylation is 1. The van der Waals surface area contributed by atoms with E-state index in [9.17, 15) is 4.79 Å². The van der Waals surface area contributed by atoms with Crippen LogP contribution in [0.1, 0.15) is 29.5 Å². The second-order valence-corrected chi connectivity index (χ2v) is 6.92. The van der Waals surface area contributed by atoms with Crippen LogP contribution in [-0.4, -0.2) is 25.0 Å². The van der Waals surface area contributed by atoms with Crippen molar-refractivity contribution in [2.75, 3.05) is 13.1 Å². The molecular formula is C21H27N2O+. The van der Waals surface area contributed by atoms with Crippen LogP contribution in [0.25, 0.3) is 0 Å². The molecule has 126 valence electrons. The zero-order valence-corrected chi connectivity index (χ0v) is 14.4. The smallest absolute Gasteiger partial charge is 0.224 e. The summed E-state index contributed by atoms with van der Waals surface area (Å²) in [4.78, 5) is 13.8. The van der Waals surface area contributed by atoms with Gasteiger partial charge in [0.15, 0.2) is 0 Å². The van der Waals surface area contributed by atoms with Crippen molar-refractivity contribution < 1.29 is 9.69 Å². The Morgan fingerprint density at radius 1 is 1.00 bits per heavy atom. The Kier molecular flexibility index (Phi) is 5.65. The summed E-state index contributed by atoms with van der Waals surface area (Å²) in [5.74, 6) is 0.148. The van der Waals surface area contributed by atoms with E-state index in [1.807, 2.05) is 12.1 Å². The van der Waals surface area contributed by atoms with Crippen molar-refractivity contribution in [3.63, 3.8) is 0 Å². The average Bonchev–Trinajstić information content (AvgIpc) is 2.60. The van der Waals surface area contributed by atoms with Crippen molar-refractivity contribution in [2.45, 2.75) is 38.8 Å². The van der Waals surface area contributed by atoms with E-state index in [2.05, 4.69) is 54.7 Å². The van der Waals surface area contributed by atoms with E-state index in [1.54, 1.807) is 4.90 Å². The predicted octanol–water partition coefficient (Wildman–Crippen LogP) is 1.90. The number of hydrogen-bond acceptors (Lipinski definition) is 1. The van der Waals surface area contributed by atoms with Crippen molar-refractivity contribution in [2.24, 2.45) is 0 Å². The SMILES string of the molecule is Cc1ccc(CC(=O)NC2CC[NH+](Cc3ccccc3)CC2)cc1. The summed E-state index contributed by atoms with van der Waals surface area (Å²) in [5, 5.41) is 3.21. The number of carbonyl (C=O) groups is 1. The fourth-order valence-electron chi connectivity index (χ4n) is 3.40. The third-order valence-electron chi connectivity index (χ3n) is 4.84. The number of amides is 1. The topological polar surface area (TPSA) is 33.5 Å². The summed E-state index contributed by atoms with van der Waals surface area (Å²) in [7, 11) is 0. The van der Waals surface area contributed by atoms with Gasteiger partial charge in [0.1, 0.15) is 6.54 Å². The number of rotatable bonds is 5. The van der Waals surface area contributed by atoms with E-state index in [0.717, 1.165) is 38.0 Å². The van der Waals surface area contributed by atoms with Gasteiger partial charge in [0.25, 0.3) is 0 Å². The number of nitrogens with one attached hydrogen (secondary N) is 2. The highest BCUT2D eigenvalue weighted by molar-refractivity contribution is 5.78. The van der Waals surface area contributed by atoms with Crippen LogP contribution in [-0.2, 0) is 17.8 Å². The maximum Gasteiger partial charge on any atom is 0.224 e. The van der Waals surface area contributed by atoms with Gasteiger partial charge in [-0.1, -0.05) is 60.2 Å². The molecule has 3 rings (SSSR count). The molecule has 0 aliphatic carbocycles. The van der Waals surface area contributed by atoms with Crippen LogP contribution in [0.2, 0.25) is 0 Å². The van der Waals surface area contributed by atoms with Gasteiger partial charge in [-0.2, -0.15) is 0 Å². The Morgan fingerprint density at radius 2 is 1.67 bits per heavy atom. The van der Waals surface area contributed by atoms with E-state index in [1.165, 1.54) is 11.1 Å². The van der Waals surface area contributed by atoms with E-state index >= 15 is 0 Å². The first-order valence-corrected chi connectivity index (χ1v) is 8.91. The van der Waals surface area contributed by atoms with Crippen LogP contribution < -0.4 is 10.2 Å². The van der Waals surface area contributed by atoms with Gasteiger partial charge in [0, 0.05) is 24.4 Å². The van der Waals surface area contributed by atoms with E-state index in [0.29, 0.717) is 12.5 Å². The Balaban J connectivity index is 1.41. The molecule has 1 heterocycles. The van der Waals surface area contributed by atoms with Crippen molar-refractivity contribution in [3.05, 3.63) is 71.3 Å². The Morgan fingerprint density at radius 3 is 2.33 bits per heavy atom. The standard InChI is InChI=1S/C21H26N2O/c1-17-7-9-18(10-8-17)15-21(24)22-20-11-13-23(14-12-20)16-19-5-3-2-4-6-19/h2-10,20H,11-16H2,1H3,(H,22,24)/p+1. The molecule has 24 heavy (non-hydrogen) atoms. The second-order valence-electron chi connectivity index (χ2n) is 6.92. The van der Waals surface area contributed by atoms with Crippen LogP contribution in [0.15, 0.2) is 54.6 Å². The molecule has 1 aliphatic rings. The van der Waals surface area contributed by atoms with Gasteiger partial charge in [0.2, 0.25) is 5.91 Å². The quantitative estimate of drug-likeness (QED) is 0.866. The molecule has 0 unspecified atom stereocenters. The highest BCUT2D eigenvalue weighted by Crippen LogP contribution is 2.06. The molecule has 3 heteroatoms. The Hall–Kier alpha value is -2.13. The number of quaternary nitrogens is 1. The lowest BCUT2D eigenvalue weighted by molar-refractivity contribution is -0.918. The second kappa shape index (κ2) is 8.11. The molecule has 0 saturated carbocycles. The lowest BCUT2D eigenvalue weighted by Gasteiger charge is -2.29. The van der Waals surface area contributed by atoms with Gasteiger partial charge in [-0.25, -0.2) is 0 Å². The van der Waals surface area contributed by atoms with E-state index in [-0.39, 0.29) is 5.91 Å². The molecule has 0 bridgehead atoms. The highest BCUT2D eigenvalue weighted by atomic mass is 16.1. The zero-order valence-electron chi connectivity index (χ0n) is 14.4. The molecule has 0 radical (unpaired) electrons. The molecule has 2 aromatic carbocycles. The summed E-state index contributed by atoms with van der Waals surface area (Å²) >= 11 is 0. The summed E-state index contributed by atoms with van der Waals surface area (Å²) < 4.78 is 0. The van der Waals surface area contributed by atoms with Gasteiger partial charge in [-0.05, 0) is 12.5 Å². The largest absolute Gasteiger partial charge is 0.353 e. The van der Waals surface area contributed by atoms with E-state index < -0.39 is 0 Å². The van der Waals surface area contributed by atoms with Gasteiger partial charge >= 0.3 is 0 Å². The van der Waals surface area contributed by atoms with Crippen LogP contribution in [0.5, 0.6) is 0 Å². The number of carbonyl (C=O) groups excluding carboxylic acids is 1. The molecule has 2 aromatic rings. The molecule has 1 saturated heterocycles. The average molecular weight is 323 g/mol. The summed E-state index contributed by atoms with van der Waals surface area (Å²) in [5.41, 5.74) is 3.72. The number of benzene rings is 2. The normalized spacial score (nSPS) is 20.5. The first kappa shape index (κ1) is 16.7. The molecule has 1 fully saturated rings. The number of piperidine rings is 1. The molecule has 3 nitrogen and oxygen atoms in total. The molecule has 1 aliphatic heterocycles. The highest BCUT2D eigenvalue weighted by Gasteiger charge is 2.23. The van der Waals surface area contributed by atoms with E-state index in [4.69, 9.17) is 0 Å². The van der Waals surface area contributed by atoms with Gasteiger partial charge in [-0.3, -0.25) is 4.79 Å². The molecule has 0 aromatic heterocycles. The minimum Gasteiger partial charge on any atom is -0.353 e. The summed E-state index contributed by atoms with van der Waals surface area (Å²) in [6.07, 6.45) is 2.63. The fraction of sp³-hybridized carbons (Fsp3) is 0.381. The maximum absolute atomic E-state index is 12.2. The summed E-state index contributed by atoms with van der Waals surface area (Å²) in [6.45, 7) is 5.41. The van der Waals surface area contributed by atoms with Gasteiger partial charge in [0.05, 0.1) is 19.5 Å². The van der Waals surface area contributed by atoms with Crippen LogP contribution in [0.4, 0.5) is 0 Å². The minimum absolute atomic E-state index is 0.148. The van der Waals surface area contributed by atoms with Gasteiger partial charge < -0.3 is 10.2 Å². The van der Waals surface area contributed by atoms with Crippen molar-refractivity contribution >= 4 is 5.91 Å². The monoisotopic (exact) mass is 323 g/mol. The molecule has 2 N–H and O–H groups in total. The first-order chi connectivity index (χ1) is 11.7. The van der Waals surface area contributed by atoms with Crippen molar-refractivity contribution in [3.8, 4) is 0 Å². The fourth-order valence-corrected chi connectivity index (χ4v) is 3.40. The predicted molar refractivity (Wildman–Crippen MR) is 96.9 cm³/mol. The number of likely N-dealkylation sites (tertiary alicyclic amines) is 1. The zero-order chi connectivity index (χ0) is 16.8. The minimum atomic E-state index is 0.148. The lowest BCUT2D eigenvalue weighted by atomic mass is 10.0. The Labute approximate surface area is 144 Å². The van der Waals surface area contributed by atoms with Crippen LogP contribution in [0, 0.1) is 6.92 Å². The molecule has 0 spiro atoms. The van der Waals surface area contributed by atoms with Gasteiger partial charge in [-0.15, -0.1) is 0 Å². The van der Waals surface area contributed by atoms with Crippen LogP contribution >= 0.6 is 0 Å². The summed E-state index contributed by atoms with van der Waals surface area (Å²) in [6, 6.07) is 19.2. The molecule has 0 atom stereocenters.